The van der Waals surface area contributed by atoms with Crippen LogP contribution in [0.5, 0.6) is 0 Å². The first kappa shape index (κ1) is 17.0. The zero-order chi connectivity index (χ0) is 17.3. The number of para-hydroxylation sites is 1. The van der Waals surface area contributed by atoms with Crippen LogP contribution in [0.15, 0.2) is 39.8 Å². The number of carbonyl (C=O) groups excluding carboxylic acids is 1. The van der Waals surface area contributed by atoms with Crippen LogP contribution >= 0.6 is 11.8 Å². The SMILES string of the molecule is C[C@@H]1C[NH+](CC(=O)/C(C#N)=C2\Sc3ccccc3N2C)C[C@H](C)O1. The van der Waals surface area contributed by atoms with Crippen LogP contribution in [0.3, 0.4) is 0 Å². The molecule has 1 aromatic carbocycles. The monoisotopic (exact) mass is 344 g/mol. The summed E-state index contributed by atoms with van der Waals surface area (Å²) >= 11 is 1.50. The van der Waals surface area contributed by atoms with Crippen molar-refractivity contribution in [3.63, 3.8) is 0 Å². The number of morpholine rings is 1. The highest BCUT2D eigenvalue weighted by molar-refractivity contribution is 8.03. The van der Waals surface area contributed by atoms with E-state index in [1.54, 1.807) is 0 Å². The molecular weight excluding hydrogens is 322 g/mol. The Morgan fingerprint density at radius 1 is 1.38 bits per heavy atom. The Morgan fingerprint density at radius 3 is 2.67 bits per heavy atom. The molecule has 6 heteroatoms. The summed E-state index contributed by atoms with van der Waals surface area (Å²) in [6.07, 6.45) is 0.282. The number of hydrogen-bond acceptors (Lipinski definition) is 5. The van der Waals surface area contributed by atoms with Crippen LogP contribution in [0.4, 0.5) is 5.69 Å². The molecular formula is C18H22N3O2S+. The Balaban J connectivity index is 1.80. The zero-order valence-electron chi connectivity index (χ0n) is 14.2. The average molecular weight is 344 g/mol. The van der Waals surface area contributed by atoms with Gasteiger partial charge in [0.25, 0.3) is 0 Å². The molecule has 3 atom stereocenters. The lowest BCUT2D eigenvalue weighted by Crippen LogP contribution is -3.16. The Hall–Kier alpha value is -1.81. The summed E-state index contributed by atoms with van der Waals surface area (Å²) in [4.78, 5) is 17.0. The molecule has 126 valence electrons. The maximum Gasteiger partial charge on any atom is 0.230 e. The van der Waals surface area contributed by atoms with E-state index in [-0.39, 0.29) is 23.6 Å². The molecule has 0 radical (unpaired) electrons. The first-order valence-electron chi connectivity index (χ1n) is 8.16. The van der Waals surface area contributed by atoms with Gasteiger partial charge in [0, 0.05) is 11.9 Å². The van der Waals surface area contributed by atoms with Crippen LogP contribution in [-0.2, 0) is 9.53 Å². The molecule has 1 saturated heterocycles. The number of Topliss-reactive ketones (excluding diaryl/α,β-unsaturated/α-hetero) is 1. The van der Waals surface area contributed by atoms with Gasteiger partial charge in [0.2, 0.25) is 5.78 Å². The first-order valence-corrected chi connectivity index (χ1v) is 8.98. The van der Waals surface area contributed by atoms with Crippen LogP contribution in [0.25, 0.3) is 0 Å². The van der Waals surface area contributed by atoms with Gasteiger partial charge < -0.3 is 14.5 Å². The lowest BCUT2D eigenvalue weighted by molar-refractivity contribution is -0.907. The number of nitrogens with one attached hydrogen (secondary N) is 1. The number of nitrogens with zero attached hydrogens (tertiary/aromatic N) is 2. The smallest absolute Gasteiger partial charge is 0.230 e. The predicted octanol–water partition coefficient (Wildman–Crippen LogP) is 1.22. The van der Waals surface area contributed by atoms with Crippen LogP contribution < -0.4 is 9.80 Å². The van der Waals surface area contributed by atoms with E-state index in [4.69, 9.17) is 4.74 Å². The molecule has 0 amide bonds. The van der Waals surface area contributed by atoms with Crippen molar-refractivity contribution in [2.24, 2.45) is 0 Å². The molecule has 0 spiro atoms. The van der Waals surface area contributed by atoms with Crippen molar-refractivity contribution in [1.29, 1.82) is 5.26 Å². The summed E-state index contributed by atoms with van der Waals surface area (Å²) in [5.41, 5.74) is 1.30. The highest BCUT2D eigenvalue weighted by Gasteiger charge is 2.32. The Labute approximate surface area is 146 Å². The summed E-state index contributed by atoms with van der Waals surface area (Å²) in [5.74, 6) is -0.0871. The number of benzene rings is 1. The van der Waals surface area contributed by atoms with Crippen LogP contribution in [-0.4, -0.2) is 44.7 Å². The third-order valence-corrected chi connectivity index (χ3v) is 5.61. The summed E-state index contributed by atoms with van der Waals surface area (Å²) in [6.45, 7) is 6.00. The van der Waals surface area contributed by atoms with Crippen molar-refractivity contribution < 1.29 is 14.4 Å². The van der Waals surface area contributed by atoms with E-state index in [2.05, 4.69) is 6.07 Å². The van der Waals surface area contributed by atoms with Gasteiger partial charge in [-0.2, -0.15) is 5.26 Å². The van der Waals surface area contributed by atoms with Crippen molar-refractivity contribution in [1.82, 2.24) is 0 Å². The van der Waals surface area contributed by atoms with Gasteiger partial charge in [0.15, 0.2) is 0 Å². The van der Waals surface area contributed by atoms with E-state index in [1.807, 2.05) is 50.1 Å². The summed E-state index contributed by atoms with van der Waals surface area (Å²) < 4.78 is 5.72. The molecule has 0 aliphatic carbocycles. The molecule has 0 saturated carbocycles. The summed E-state index contributed by atoms with van der Waals surface area (Å²) in [6, 6.07) is 10.1. The minimum Gasteiger partial charge on any atom is -0.364 e. The molecule has 0 bridgehead atoms. The minimum absolute atomic E-state index is 0.0871. The van der Waals surface area contributed by atoms with Crippen molar-refractivity contribution >= 4 is 23.2 Å². The minimum atomic E-state index is -0.0871. The van der Waals surface area contributed by atoms with Gasteiger partial charge in [0.1, 0.15) is 48.5 Å². The van der Waals surface area contributed by atoms with Crippen molar-refractivity contribution in [3.8, 4) is 6.07 Å². The largest absolute Gasteiger partial charge is 0.364 e. The fourth-order valence-electron chi connectivity index (χ4n) is 3.40. The fraction of sp³-hybridized carbons (Fsp3) is 0.444. The lowest BCUT2D eigenvalue weighted by Gasteiger charge is -2.32. The third-order valence-electron chi connectivity index (χ3n) is 4.37. The summed E-state index contributed by atoms with van der Waals surface area (Å²) in [5, 5.41) is 10.3. The highest BCUT2D eigenvalue weighted by atomic mass is 32.2. The second-order valence-electron chi connectivity index (χ2n) is 6.44. The van der Waals surface area contributed by atoms with Gasteiger partial charge >= 0.3 is 0 Å². The molecule has 2 heterocycles. The Morgan fingerprint density at radius 2 is 2.04 bits per heavy atom. The molecule has 24 heavy (non-hydrogen) atoms. The van der Waals surface area contributed by atoms with E-state index in [9.17, 15) is 10.1 Å². The average Bonchev–Trinajstić information content (AvgIpc) is 2.84. The molecule has 1 aromatic rings. The normalized spacial score (nSPS) is 28.2. The van der Waals surface area contributed by atoms with Gasteiger partial charge in [-0.1, -0.05) is 23.9 Å². The van der Waals surface area contributed by atoms with Gasteiger partial charge in [-0.05, 0) is 26.0 Å². The van der Waals surface area contributed by atoms with E-state index < -0.39 is 0 Å². The number of rotatable bonds is 3. The molecule has 2 aliphatic rings. The van der Waals surface area contributed by atoms with E-state index in [1.165, 1.54) is 16.7 Å². The number of thioether (sulfide) groups is 1. The molecule has 1 unspecified atom stereocenters. The van der Waals surface area contributed by atoms with E-state index in [0.29, 0.717) is 6.54 Å². The molecule has 1 N–H and O–H groups in total. The summed E-state index contributed by atoms with van der Waals surface area (Å²) in [7, 11) is 1.91. The number of fused-ring (bicyclic) bond motifs is 1. The number of quaternary nitrogens is 1. The zero-order valence-corrected chi connectivity index (χ0v) is 15.0. The maximum atomic E-state index is 12.8. The standard InChI is InChI=1S/C18H21N3O2S/c1-12-9-21(10-13(2)23-12)11-16(22)14(8-19)18-20(3)15-6-4-5-7-17(15)24-18/h4-7,12-13H,9-11H2,1-3H3/p+1/b18-14-/t12-,13+. The highest BCUT2D eigenvalue weighted by Crippen LogP contribution is 2.45. The number of ether oxygens (including phenoxy) is 1. The topological polar surface area (TPSA) is 57.8 Å². The lowest BCUT2D eigenvalue weighted by atomic mass is 10.1. The maximum absolute atomic E-state index is 12.8. The van der Waals surface area contributed by atoms with E-state index >= 15 is 0 Å². The third kappa shape index (κ3) is 3.34. The van der Waals surface area contributed by atoms with Gasteiger partial charge in [-0.25, -0.2) is 0 Å². The number of anilines is 1. The molecule has 5 nitrogen and oxygen atoms in total. The van der Waals surface area contributed by atoms with E-state index in [0.717, 1.165) is 28.7 Å². The molecule has 2 aliphatic heterocycles. The quantitative estimate of drug-likeness (QED) is 0.660. The fourth-order valence-corrected chi connectivity index (χ4v) is 4.56. The van der Waals surface area contributed by atoms with Gasteiger partial charge in [-0.15, -0.1) is 0 Å². The van der Waals surface area contributed by atoms with Crippen LogP contribution in [0, 0.1) is 11.3 Å². The predicted molar refractivity (Wildman–Crippen MR) is 93.9 cm³/mol. The Kier molecular flexibility index (Phi) is 4.95. The Bertz CT molecular complexity index is 715. The first-order chi connectivity index (χ1) is 11.5. The van der Waals surface area contributed by atoms with Crippen LogP contribution in [0.1, 0.15) is 13.8 Å². The number of nitriles is 1. The molecule has 3 rings (SSSR count). The van der Waals surface area contributed by atoms with Crippen molar-refractivity contribution in [2.45, 2.75) is 31.0 Å². The molecule has 0 aromatic heterocycles. The number of carbonyl (C=O) groups is 1. The number of hydrogen-bond donors (Lipinski definition) is 1. The second-order valence-corrected chi connectivity index (χ2v) is 7.47. The van der Waals surface area contributed by atoms with Gasteiger partial charge in [0.05, 0.1) is 5.69 Å². The molecule has 1 fully saturated rings. The van der Waals surface area contributed by atoms with Crippen molar-refractivity contribution in [3.05, 3.63) is 34.9 Å². The second kappa shape index (κ2) is 6.98. The van der Waals surface area contributed by atoms with Crippen molar-refractivity contribution in [2.75, 3.05) is 31.6 Å². The van der Waals surface area contributed by atoms with Crippen LogP contribution in [0.2, 0.25) is 0 Å². The number of ketones is 1. The van der Waals surface area contributed by atoms with Gasteiger partial charge in [-0.3, -0.25) is 4.79 Å².